The van der Waals surface area contributed by atoms with Crippen LogP contribution in [0.4, 0.5) is 0 Å². The molecule has 3 rings (SSSR count). The van der Waals surface area contributed by atoms with Gasteiger partial charge in [0.25, 0.3) is 0 Å². The van der Waals surface area contributed by atoms with Crippen LogP contribution in [0.5, 0.6) is 0 Å². The minimum Gasteiger partial charge on any atom is -0.478 e. The van der Waals surface area contributed by atoms with Crippen LogP contribution in [-0.4, -0.2) is 27.4 Å². The van der Waals surface area contributed by atoms with E-state index in [9.17, 15) is 15.0 Å². The Kier molecular flexibility index (Phi) is 4.32. The van der Waals surface area contributed by atoms with Gasteiger partial charge >= 0.3 is 5.97 Å². The predicted octanol–water partition coefficient (Wildman–Crippen LogP) is 3.81. The van der Waals surface area contributed by atoms with Crippen molar-refractivity contribution < 1.29 is 15.0 Å². The minimum atomic E-state index is -0.977. The third kappa shape index (κ3) is 2.93. The molecule has 0 aliphatic rings. The van der Waals surface area contributed by atoms with E-state index in [1.165, 1.54) is 12.3 Å². The van der Waals surface area contributed by atoms with Crippen LogP contribution in [0.2, 0.25) is 0 Å². The number of aromatic nitrogens is 1. The van der Waals surface area contributed by atoms with E-state index in [1.54, 1.807) is 17.8 Å². The van der Waals surface area contributed by atoms with Gasteiger partial charge < -0.3 is 10.2 Å². The third-order valence-electron chi connectivity index (χ3n) is 3.77. The maximum atomic E-state index is 11.4. The number of nitrogens with zero attached hydrogens (tertiary/aromatic N) is 1. The molecule has 0 fully saturated rings. The number of carboxylic acids is 1. The zero-order chi connectivity index (χ0) is 16.4. The SMILES string of the molecule is CSc1ccc(-c2ccc3nccc(C(=O)O)c3c2)c(CO)c1. The number of carboxylic acid groups (broad SMARTS) is 1. The van der Waals surface area contributed by atoms with E-state index < -0.39 is 5.97 Å². The van der Waals surface area contributed by atoms with Gasteiger partial charge in [-0.05, 0) is 53.3 Å². The fraction of sp³-hybridized carbons (Fsp3) is 0.111. The second-order valence-corrected chi connectivity index (χ2v) is 5.96. The molecule has 2 aromatic carbocycles. The van der Waals surface area contributed by atoms with E-state index >= 15 is 0 Å². The lowest BCUT2D eigenvalue weighted by Gasteiger charge is -2.11. The number of hydrogen-bond donors (Lipinski definition) is 2. The quantitative estimate of drug-likeness (QED) is 0.714. The monoisotopic (exact) mass is 325 g/mol. The molecule has 2 N–H and O–H groups in total. The van der Waals surface area contributed by atoms with Crippen molar-refractivity contribution >= 4 is 28.6 Å². The standard InChI is InChI=1S/C18H15NO3S/c1-23-13-3-4-14(12(8-13)10-20)11-2-5-17-16(9-11)15(18(21)22)6-7-19-17/h2-9,20H,10H2,1H3,(H,21,22). The first-order valence-electron chi connectivity index (χ1n) is 7.04. The highest BCUT2D eigenvalue weighted by Gasteiger charge is 2.12. The Morgan fingerprint density at radius 3 is 2.70 bits per heavy atom. The Morgan fingerprint density at radius 2 is 2.00 bits per heavy atom. The number of aromatic carboxylic acids is 1. The van der Waals surface area contributed by atoms with Crippen molar-refractivity contribution in [3.05, 3.63) is 59.8 Å². The molecule has 0 aliphatic heterocycles. The van der Waals surface area contributed by atoms with Gasteiger partial charge in [0.15, 0.2) is 0 Å². The Bertz CT molecular complexity index is 893. The van der Waals surface area contributed by atoms with Crippen molar-refractivity contribution in [2.45, 2.75) is 11.5 Å². The summed E-state index contributed by atoms with van der Waals surface area (Å²) < 4.78 is 0. The highest BCUT2D eigenvalue weighted by molar-refractivity contribution is 7.98. The number of pyridine rings is 1. The maximum absolute atomic E-state index is 11.4. The summed E-state index contributed by atoms with van der Waals surface area (Å²) in [5.41, 5.74) is 3.44. The summed E-state index contributed by atoms with van der Waals surface area (Å²) in [7, 11) is 0. The summed E-state index contributed by atoms with van der Waals surface area (Å²) >= 11 is 1.61. The number of carbonyl (C=O) groups is 1. The van der Waals surface area contributed by atoms with Gasteiger partial charge in [-0.1, -0.05) is 12.1 Å². The normalized spacial score (nSPS) is 10.9. The number of aliphatic hydroxyl groups excluding tert-OH is 1. The van der Waals surface area contributed by atoms with E-state index in [4.69, 9.17) is 0 Å². The molecule has 1 heterocycles. The van der Waals surface area contributed by atoms with Crippen LogP contribution in [0.15, 0.2) is 53.6 Å². The topological polar surface area (TPSA) is 70.4 Å². The number of aliphatic hydroxyl groups is 1. The van der Waals surface area contributed by atoms with E-state index in [0.29, 0.717) is 10.9 Å². The predicted molar refractivity (Wildman–Crippen MR) is 91.8 cm³/mol. The summed E-state index contributed by atoms with van der Waals surface area (Å²) in [6.45, 7) is -0.0689. The molecule has 0 saturated carbocycles. The van der Waals surface area contributed by atoms with Gasteiger partial charge in [0.1, 0.15) is 0 Å². The fourth-order valence-electron chi connectivity index (χ4n) is 2.61. The molecular weight excluding hydrogens is 310 g/mol. The van der Waals surface area contributed by atoms with Crippen LogP contribution in [0.1, 0.15) is 15.9 Å². The molecule has 0 spiro atoms. The first-order chi connectivity index (χ1) is 11.1. The molecule has 4 nitrogen and oxygen atoms in total. The summed E-state index contributed by atoms with van der Waals surface area (Å²) in [5, 5.41) is 19.6. The molecule has 1 aromatic heterocycles. The molecule has 0 amide bonds. The van der Waals surface area contributed by atoms with Gasteiger partial charge in [0.05, 0.1) is 17.7 Å². The molecule has 3 aromatic rings. The average molecular weight is 325 g/mol. The first kappa shape index (κ1) is 15.5. The first-order valence-corrected chi connectivity index (χ1v) is 8.26. The smallest absolute Gasteiger partial charge is 0.336 e. The van der Waals surface area contributed by atoms with Gasteiger partial charge in [0, 0.05) is 16.5 Å². The lowest BCUT2D eigenvalue weighted by molar-refractivity contribution is 0.0699. The van der Waals surface area contributed by atoms with Crippen molar-refractivity contribution in [2.24, 2.45) is 0 Å². The Labute approximate surface area is 137 Å². The van der Waals surface area contributed by atoms with Crippen LogP contribution in [0.3, 0.4) is 0 Å². The summed E-state index contributed by atoms with van der Waals surface area (Å²) in [5.74, 6) is -0.977. The van der Waals surface area contributed by atoms with Crippen LogP contribution in [0.25, 0.3) is 22.0 Å². The molecule has 0 radical (unpaired) electrons. The Morgan fingerprint density at radius 1 is 1.17 bits per heavy atom. The van der Waals surface area contributed by atoms with Crippen molar-refractivity contribution in [3.8, 4) is 11.1 Å². The molecule has 0 aliphatic carbocycles. The summed E-state index contributed by atoms with van der Waals surface area (Å²) in [4.78, 5) is 16.7. The maximum Gasteiger partial charge on any atom is 0.336 e. The Hall–Kier alpha value is -2.37. The molecule has 0 unspecified atom stereocenters. The van der Waals surface area contributed by atoms with Crippen LogP contribution in [0, 0.1) is 0 Å². The van der Waals surface area contributed by atoms with Crippen molar-refractivity contribution in [1.29, 1.82) is 0 Å². The van der Waals surface area contributed by atoms with E-state index in [-0.39, 0.29) is 12.2 Å². The van der Waals surface area contributed by atoms with E-state index in [0.717, 1.165) is 21.6 Å². The number of thioether (sulfide) groups is 1. The van der Waals surface area contributed by atoms with E-state index in [1.807, 2.05) is 36.6 Å². The Balaban J connectivity index is 2.21. The minimum absolute atomic E-state index is 0.0689. The van der Waals surface area contributed by atoms with E-state index in [2.05, 4.69) is 4.98 Å². The number of fused-ring (bicyclic) bond motifs is 1. The van der Waals surface area contributed by atoms with Crippen molar-refractivity contribution in [2.75, 3.05) is 6.26 Å². The lowest BCUT2D eigenvalue weighted by Crippen LogP contribution is -1.98. The van der Waals surface area contributed by atoms with Gasteiger partial charge in [-0.25, -0.2) is 4.79 Å². The number of benzene rings is 2. The average Bonchev–Trinajstić information content (AvgIpc) is 2.59. The lowest BCUT2D eigenvalue weighted by atomic mass is 9.97. The summed E-state index contributed by atoms with van der Waals surface area (Å²) in [6, 6.07) is 12.9. The van der Waals surface area contributed by atoms with Gasteiger partial charge in [-0.15, -0.1) is 11.8 Å². The molecule has 116 valence electrons. The van der Waals surface area contributed by atoms with Gasteiger partial charge in [-0.2, -0.15) is 0 Å². The molecule has 23 heavy (non-hydrogen) atoms. The summed E-state index contributed by atoms with van der Waals surface area (Å²) in [6.07, 6.45) is 3.48. The molecule has 5 heteroatoms. The molecular formula is C18H15NO3S. The van der Waals surface area contributed by atoms with Crippen LogP contribution < -0.4 is 0 Å². The molecule has 0 saturated heterocycles. The highest BCUT2D eigenvalue weighted by atomic mass is 32.2. The largest absolute Gasteiger partial charge is 0.478 e. The van der Waals surface area contributed by atoms with Crippen molar-refractivity contribution in [3.63, 3.8) is 0 Å². The second-order valence-electron chi connectivity index (χ2n) is 5.08. The zero-order valence-electron chi connectivity index (χ0n) is 12.5. The molecule has 0 atom stereocenters. The van der Waals surface area contributed by atoms with Crippen molar-refractivity contribution in [1.82, 2.24) is 4.98 Å². The third-order valence-corrected chi connectivity index (χ3v) is 4.49. The van der Waals surface area contributed by atoms with Crippen LogP contribution in [-0.2, 0) is 6.61 Å². The number of rotatable bonds is 4. The fourth-order valence-corrected chi connectivity index (χ4v) is 3.07. The van der Waals surface area contributed by atoms with Gasteiger partial charge in [0.2, 0.25) is 0 Å². The van der Waals surface area contributed by atoms with Crippen LogP contribution >= 0.6 is 11.8 Å². The molecule has 0 bridgehead atoms. The highest BCUT2D eigenvalue weighted by Crippen LogP contribution is 2.30. The zero-order valence-corrected chi connectivity index (χ0v) is 13.3. The number of hydrogen-bond acceptors (Lipinski definition) is 4. The van der Waals surface area contributed by atoms with Gasteiger partial charge in [-0.3, -0.25) is 4.98 Å². The second kappa shape index (κ2) is 6.40.